The molecule has 1 saturated heterocycles. The highest BCUT2D eigenvalue weighted by Crippen LogP contribution is 2.32. The van der Waals surface area contributed by atoms with E-state index in [0.29, 0.717) is 18.0 Å². The van der Waals surface area contributed by atoms with E-state index in [2.05, 4.69) is 6.07 Å². The van der Waals surface area contributed by atoms with Crippen molar-refractivity contribution < 1.29 is 9.53 Å². The number of anilines is 1. The first-order valence-corrected chi connectivity index (χ1v) is 6.87. The molecule has 0 bridgehead atoms. The zero-order valence-electron chi connectivity index (χ0n) is 11.7. The van der Waals surface area contributed by atoms with Crippen molar-refractivity contribution >= 4 is 11.6 Å². The molecule has 0 spiro atoms. The fourth-order valence-corrected chi connectivity index (χ4v) is 2.67. The number of carbonyl (C=O) groups is 1. The minimum absolute atomic E-state index is 0.258. The first kappa shape index (κ1) is 13.7. The summed E-state index contributed by atoms with van der Waals surface area (Å²) in [5, 5.41) is 0. The first-order valence-electron chi connectivity index (χ1n) is 6.87. The van der Waals surface area contributed by atoms with E-state index in [1.165, 1.54) is 5.56 Å². The second-order valence-electron chi connectivity index (χ2n) is 5.01. The zero-order chi connectivity index (χ0) is 13.8. The van der Waals surface area contributed by atoms with Gasteiger partial charge in [-0.05, 0) is 36.5 Å². The van der Waals surface area contributed by atoms with Crippen molar-refractivity contribution in [2.75, 3.05) is 25.9 Å². The van der Waals surface area contributed by atoms with E-state index >= 15 is 0 Å². The van der Waals surface area contributed by atoms with Crippen LogP contribution < -0.4 is 10.5 Å². The van der Waals surface area contributed by atoms with Gasteiger partial charge in [-0.2, -0.15) is 0 Å². The molecule has 0 unspecified atom stereocenters. The number of likely N-dealkylation sites (tertiary alicyclic amines) is 1. The lowest BCUT2D eigenvalue weighted by Gasteiger charge is -2.32. The predicted octanol–water partition coefficient (Wildman–Crippen LogP) is 2.39. The van der Waals surface area contributed by atoms with E-state index in [1.54, 1.807) is 7.11 Å². The van der Waals surface area contributed by atoms with Crippen molar-refractivity contribution in [3.05, 3.63) is 23.8 Å². The van der Waals surface area contributed by atoms with Gasteiger partial charge in [0.1, 0.15) is 5.75 Å². The van der Waals surface area contributed by atoms with Crippen LogP contribution in [0.4, 0.5) is 5.69 Å². The lowest BCUT2D eigenvalue weighted by molar-refractivity contribution is -0.131. The number of nitrogens with two attached hydrogens (primary N) is 1. The number of methoxy groups -OCH3 is 1. The molecule has 1 aromatic carbocycles. The SMILES string of the molecule is CCC(=O)N1CCC(c2ccc(N)c(OC)c2)CC1. The molecule has 1 amide bonds. The maximum atomic E-state index is 11.6. The number of nitrogens with zero attached hydrogens (tertiary/aromatic N) is 1. The van der Waals surface area contributed by atoms with Crippen molar-refractivity contribution in [1.82, 2.24) is 4.90 Å². The Labute approximate surface area is 114 Å². The summed E-state index contributed by atoms with van der Waals surface area (Å²) >= 11 is 0. The molecule has 1 fully saturated rings. The lowest BCUT2D eigenvalue weighted by Crippen LogP contribution is -2.37. The Morgan fingerprint density at radius 1 is 1.42 bits per heavy atom. The predicted molar refractivity (Wildman–Crippen MR) is 76.3 cm³/mol. The third-order valence-corrected chi connectivity index (χ3v) is 3.88. The number of carbonyl (C=O) groups excluding carboxylic acids is 1. The lowest BCUT2D eigenvalue weighted by atomic mass is 9.89. The van der Waals surface area contributed by atoms with Gasteiger partial charge in [0.2, 0.25) is 5.91 Å². The monoisotopic (exact) mass is 262 g/mol. The van der Waals surface area contributed by atoms with Crippen molar-refractivity contribution in [3.8, 4) is 5.75 Å². The van der Waals surface area contributed by atoms with Crippen molar-refractivity contribution in [3.63, 3.8) is 0 Å². The summed E-state index contributed by atoms with van der Waals surface area (Å²) in [6.07, 6.45) is 2.62. The zero-order valence-corrected chi connectivity index (χ0v) is 11.7. The molecule has 1 aliphatic rings. The third kappa shape index (κ3) is 3.00. The molecule has 104 valence electrons. The molecule has 0 radical (unpaired) electrons. The van der Waals surface area contributed by atoms with Gasteiger partial charge in [-0.25, -0.2) is 0 Å². The number of ether oxygens (including phenoxy) is 1. The minimum Gasteiger partial charge on any atom is -0.495 e. The van der Waals surface area contributed by atoms with Crippen molar-refractivity contribution in [2.45, 2.75) is 32.1 Å². The Morgan fingerprint density at radius 2 is 2.11 bits per heavy atom. The highest BCUT2D eigenvalue weighted by atomic mass is 16.5. The van der Waals surface area contributed by atoms with Gasteiger partial charge >= 0.3 is 0 Å². The average molecular weight is 262 g/mol. The van der Waals surface area contributed by atoms with Crippen LogP contribution in [0.15, 0.2) is 18.2 Å². The van der Waals surface area contributed by atoms with Gasteiger partial charge < -0.3 is 15.4 Å². The largest absolute Gasteiger partial charge is 0.495 e. The summed E-state index contributed by atoms with van der Waals surface area (Å²) < 4.78 is 5.26. The van der Waals surface area contributed by atoms with E-state index in [-0.39, 0.29) is 5.91 Å². The van der Waals surface area contributed by atoms with Crippen LogP contribution in [0.1, 0.15) is 37.7 Å². The van der Waals surface area contributed by atoms with Gasteiger partial charge in [-0.15, -0.1) is 0 Å². The fourth-order valence-electron chi connectivity index (χ4n) is 2.67. The Hall–Kier alpha value is -1.71. The molecule has 0 atom stereocenters. The molecule has 0 aliphatic carbocycles. The van der Waals surface area contributed by atoms with Crippen LogP contribution in [0.2, 0.25) is 0 Å². The van der Waals surface area contributed by atoms with Crippen LogP contribution in [0, 0.1) is 0 Å². The smallest absolute Gasteiger partial charge is 0.222 e. The Bertz CT molecular complexity index is 451. The van der Waals surface area contributed by atoms with Crippen LogP contribution in [-0.2, 0) is 4.79 Å². The van der Waals surface area contributed by atoms with Gasteiger partial charge in [0.05, 0.1) is 12.8 Å². The van der Waals surface area contributed by atoms with Gasteiger partial charge in [0.25, 0.3) is 0 Å². The van der Waals surface area contributed by atoms with Crippen molar-refractivity contribution in [2.24, 2.45) is 0 Å². The molecule has 1 aliphatic heterocycles. The summed E-state index contributed by atoms with van der Waals surface area (Å²) in [7, 11) is 1.64. The van der Waals surface area contributed by atoms with Gasteiger partial charge in [0, 0.05) is 19.5 Å². The average Bonchev–Trinajstić information content (AvgIpc) is 2.47. The van der Waals surface area contributed by atoms with Crippen LogP contribution in [-0.4, -0.2) is 31.0 Å². The molecule has 1 aromatic rings. The van der Waals surface area contributed by atoms with Gasteiger partial charge in [0.15, 0.2) is 0 Å². The minimum atomic E-state index is 0.258. The molecular formula is C15H22N2O2. The highest BCUT2D eigenvalue weighted by Gasteiger charge is 2.23. The van der Waals surface area contributed by atoms with Crippen LogP contribution in [0.3, 0.4) is 0 Å². The Balaban J connectivity index is 2.03. The van der Waals surface area contributed by atoms with E-state index in [0.717, 1.165) is 31.7 Å². The molecule has 19 heavy (non-hydrogen) atoms. The highest BCUT2D eigenvalue weighted by molar-refractivity contribution is 5.75. The van der Waals surface area contributed by atoms with Crippen LogP contribution >= 0.6 is 0 Å². The molecule has 4 nitrogen and oxygen atoms in total. The summed E-state index contributed by atoms with van der Waals surface area (Å²) in [6, 6.07) is 5.99. The number of hydrogen-bond donors (Lipinski definition) is 1. The molecule has 0 aromatic heterocycles. The number of hydrogen-bond acceptors (Lipinski definition) is 3. The first-order chi connectivity index (χ1) is 9.15. The number of benzene rings is 1. The standard InChI is InChI=1S/C15H22N2O2/c1-3-15(18)17-8-6-11(7-9-17)12-4-5-13(16)14(10-12)19-2/h4-5,10-11H,3,6-9,16H2,1-2H3. The fraction of sp³-hybridized carbons (Fsp3) is 0.533. The third-order valence-electron chi connectivity index (χ3n) is 3.88. The summed E-state index contributed by atoms with van der Waals surface area (Å²) in [5.74, 6) is 1.49. The second-order valence-corrected chi connectivity index (χ2v) is 5.01. The summed E-state index contributed by atoms with van der Waals surface area (Å²) in [6.45, 7) is 3.62. The van der Waals surface area contributed by atoms with E-state index in [4.69, 9.17) is 10.5 Å². The normalized spacial score (nSPS) is 16.4. The summed E-state index contributed by atoms with van der Waals surface area (Å²) in [5.41, 5.74) is 7.76. The van der Waals surface area contributed by atoms with Gasteiger partial charge in [-0.3, -0.25) is 4.79 Å². The second kappa shape index (κ2) is 5.95. The Kier molecular flexibility index (Phi) is 4.30. The molecule has 0 saturated carbocycles. The number of rotatable bonds is 3. The molecule has 4 heteroatoms. The molecule has 2 N–H and O–H groups in total. The number of amides is 1. The Morgan fingerprint density at radius 3 is 2.68 bits per heavy atom. The number of nitrogen functional groups attached to an aromatic ring is 1. The summed E-state index contributed by atoms with van der Waals surface area (Å²) in [4.78, 5) is 13.6. The molecule has 1 heterocycles. The van der Waals surface area contributed by atoms with Crippen molar-refractivity contribution in [1.29, 1.82) is 0 Å². The van der Waals surface area contributed by atoms with Crippen LogP contribution in [0.25, 0.3) is 0 Å². The van der Waals surface area contributed by atoms with E-state index < -0.39 is 0 Å². The topological polar surface area (TPSA) is 55.6 Å². The molecule has 2 rings (SSSR count). The van der Waals surface area contributed by atoms with Crippen LogP contribution in [0.5, 0.6) is 5.75 Å². The molecular weight excluding hydrogens is 240 g/mol. The van der Waals surface area contributed by atoms with E-state index in [9.17, 15) is 4.79 Å². The quantitative estimate of drug-likeness (QED) is 0.851. The van der Waals surface area contributed by atoms with Gasteiger partial charge in [-0.1, -0.05) is 13.0 Å². The van der Waals surface area contributed by atoms with E-state index in [1.807, 2.05) is 24.0 Å². The maximum absolute atomic E-state index is 11.6. The number of piperidine rings is 1. The maximum Gasteiger partial charge on any atom is 0.222 e.